The zero-order chi connectivity index (χ0) is 20.5. The van der Waals surface area contributed by atoms with Crippen LogP contribution in [0.25, 0.3) is 0 Å². The van der Waals surface area contributed by atoms with E-state index in [1.807, 2.05) is 12.1 Å². The quantitative estimate of drug-likeness (QED) is 0.256. The molecule has 2 aromatic carbocycles. The number of nitrogens with zero attached hydrogens (tertiary/aromatic N) is 2. The van der Waals surface area contributed by atoms with Gasteiger partial charge in [-0.3, -0.25) is 9.79 Å². The molecule has 0 heterocycles. The maximum absolute atomic E-state index is 13.1. The number of hydrogen-bond acceptors (Lipinski definition) is 3. The molecule has 2 aromatic rings. The molecular weight excluding hydrogens is 493 g/mol. The summed E-state index contributed by atoms with van der Waals surface area (Å²) in [6, 6.07) is 10.7. The predicted molar refractivity (Wildman–Crippen MR) is 120 cm³/mol. The standard InChI is InChI=1S/C20H24F2N4O2.HI/c1-23-20(24-10-11-28-16-8-9-17(21)18(22)12-16)25-13-14-4-6-15(7-5-14)19(27)26(2)3;/h4-9,12H,10-11,13H2,1-3H3,(H2,23,24,25);1H. The second-order valence-corrected chi connectivity index (χ2v) is 6.17. The van der Waals surface area contributed by atoms with Crippen molar-refractivity contribution < 1.29 is 18.3 Å². The number of guanidine groups is 1. The molecule has 0 unspecified atom stereocenters. The Morgan fingerprint density at radius 3 is 2.34 bits per heavy atom. The summed E-state index contributed by atoms with van der Waals surface area (Å²) in [6.45, 7) is 1.21. The Labute approximate surface area is 186 Å². The molecule has 0 radical (unpaired) electrons. The van der Waals surface area contributed by atoms with E-state index in [9.17, 15) is 13.6 Å². The second-order valence-electron chi connectivity index (χ2n) is 6.17. The second kappa shape index (κ2) is 12.2. The maximum atomic E-state index is 13.1. The van der Waals surface area contributed by atoms with Crippen molar-refractivity contribution in [1.82, 2.24) is 15.5 Å². The number of hydrogen-bond donors (Lipinski definition) is 2. The van der Waals surface area contributed by atoms with Crippen LogP contribution in [0.2, 0.25) is 0 Å². The highest BCUT2D eigenvalue weighted by atomic mass is 127. The van der Waals surface area contributed by atoms with E-state index < -0.39 is 11.6 Å². The number of rotatable bonds is 7. The molecule has 0 bridgehead atoms. The minimum atomic E-state index is -0.943. The highest BCUT2D eigenvalue weighted by molar-refractivity contribution is 14.0. The Kier molecular flexibility index (Phi) is 10.4. The van der Waals surface area contributed by atoms with Gasteiger partial charge in [0.15, 0.2) is 17.6 Å². The zero-order valence-electron chi connectivity index (χ0n) is 16.5. The van der Waals surface area contributed by atoms with Crippen LogP contribution in [0, 0.1) is 11.6 Å². The largest absolute Gasteiger partial charge is 0.492 e. The molecule has 9 heteroatoms. The first-order chi connectivity index (χ1) is 13.4. The maximum Gasteiger partial charge on any atom is 0.253 e. The number of halogens is 3. The Bertz CT molecular complexity index is 830. The van der Waals surface area contributed by atoms with E-state index in [4.69, 9.17) is 4.74 Å². The summed E-state index contributed by atoms with van der Waals surface area (Å²) < 4.78 is 31.4. The van der Waals surface area contributed by atoms with Crippen LogP contribution in [0.1, 0.15) is 15.9 Å². The van der Waals surface area contributed by atoms with Crippen molar-refractivity contribution in [3.8, 4) is 5.75 Å². The minimum absolute atomic E-state index is 0. The number of nitrogens with one attached hydrogen (secondary N) is 2. The van der Waals surface area contributed by atoms with Gasteiger partial charge in [0, 0.05) is 39.3 Å². The third-order valence-corrected chi connectivity index (χ3v) is 3.84. The number of carbonyl (C=O) groups is 1. The van der Waals surface area contributed by atoms with Crippen molar-refractivity contribution in [2.24, 2.45) is 4.99 Å². The molecule has 0 spiro atoms. The van der Waals surface area contributed by atoms with Gasteiger partial charge in [-0.2, -0.15) is 0 Å². The first-order valence-corrected chi connectivity index (χ1v) is 8.73. The molecule has 0 aromatic heterocycles. The van der Waals surface area contributed by atoms with Gasteiger partial charge in [0.05, 0.1) is 6.54 Å². The van der Waals surface area contributed by atoms with Gasteiger partial charge in [0.25, 0.3) is 5.91 Å². The molecule has 6 nitrogen and oxygen atoms in total. The first-order valence-electron chi connectivity index (χ1n) is 8.73. The van der Waals surface area contributed by atoms with Crippen molar-refractivity contribution in [2.75, 3.05) is 34.3 Å². The summed E-state index contributed by atoms with van der Waals surface area (Å²) >= 11 is 0. The number of aliphatic imine (C=N–C) groups is 1. The smallest absolute Gasteiger partial charge is 0.253 e. The molecule has 2 rings (SSSR count). The fourth-order valence-electron chi connectivity index (χ4n) is 2.33. The fourth-order valence-corrected chi connectivity index (χ4v) is 2.33. The molecule has 0 fully saturated rings. The van der Waals surface area contributed by atoms with E-state index in [1.54, 1.807) is 33.3 Å². The van der Waals surface area contributed by atoms with Gasteiger partial charge in [0.2, 0.25) is 0 Å². The van der Waals surface area contributed by atoms with E-state index in [1.165, 1.54) is 11.0 Å². The van der Waals surface area contributed by atoms with Gasteiger partial charge in [-0.1, -0.05) is 12.1 Å². The highest BCUT2D eigenvalue weighted by Crippen LogP contribution is 2.15. The molecule has 0 saturated carbocycles. The molecule has 158 valence electrons. The van der Waals surface area contributed by atoms with E-state index >= 15 is 0 Å². The molecule has 29 heavy (non-hydrogen) atoms. The molecule has 0 saturated heterocycles. The van der Waals surface area contributed by atoms with Crippen LogP contribution in [0.4, 0.5) is 8.78 Å². The summed E-state index contributed by atoms with van der Waals surface area (Å²) in [5, 5.41) is 6.22. The molecule has 0 aliphatic rings. The number of carbonyl (C=O) groups excluding carboxylic acids is 1. The lowest BCUT2D eigenvalue weighted by molar-refractivity contribution is 0.0827. The average molecular weight is 518 g/mol. The average Bonchev–Trinajstić information content (AvgIpc) is 2.69. The Morgan fingerprint density at radius 2 is 1.76 bits per heavy atom. The van der Waals surface area contributed by atoms with E-state index in [2.05, 4.69) is 15.6 Å². The summed E-state index contributed by atoms with van der Waals surface area (Å²) in [5.41, 5.74) is 1.63. The lowest BCUT2D eigenvalue weighted by atomic mass is 10.1. The van der Waals surface area contributed by atoms with E-state index in [-0.39, 0.29) is 42.2 Å². The summed E-state index contributed by atoms with van der Waals surface area (Å²) in [6.07, 6.45) is 0. The summed E-state index contributed by atoms with van der Waals surface area (Å²) in [4.78, 5) is 17.5. The van der Waals surface area contributed by atoms with Gasteiger partial charge in [0.1, 0.15) is 12.4 Å². The van der Waals surface area contributed by atoms with Crippen LogP contribution in [-0.2, 0) is 6.54 Å². The summed E-state index contributed by atoms with van der Waals surface area (Å²) in [5.74, 6) is -1.06. The molecule has 0 atom stereocenters. The van der Waals surface area contributed by atoms with Gasteiger partial charge >= 0.3 is 0 Å². The lowest BCUT2D eigenvalue weighted by Crippen LogP contribution is -2.38. The normalized spacial score (nSPS) is 10.7. The van der Waals surface area contributed by atoms with Crippen LogP contribution in [0.3, 0.4) is 0 Å². The molecule has 1 amide bonds. The number of amides is 1. The SMILES string of the molecule is CN=C(NCCOc1ccc(F)c(F)c1)NCc1ccc(C(=O)N(C)C)cc1.I. The van der Waals surface area contributed by atoms with Crippen LogP contribution >= 0.6 is 24.0 Å². The number of benzene rings is 2. The molecule has 0 aliphatic carbocycles. The Balaban J connectivity index is 0.00000420. The number of ether oxygens (including phenoxy) is 1. The van der Waals surface area contributed by atoms with Crippen molar-refractivity contribution in [3.63, 3.8) is 0 Å². The van der Waals surface area contributed by atoms with Gasteiger partial charge in [-0.25, -0.2) is 8.78 Å². The lowest BCUT2D eigenvalue weighted by Gasteiger charge is -2.13. The van der Waals surface area contributed by atoms with E-state index in [0.29, 0.717) is 24.6 Å². The third-order valence-electron chi connectivity index (χ3n) is 3.84. The first kappa shape index (κ1) is 24.6. The minimum Gasteiger partial charge on any atom is -0.492 e. The van der Waals surface area contributed by atoms with E-state index in [0.717, 1.165) is 17.7 Å². The van der Waals surface area contributed by atoms with Crippen LogP contribution in [-0.4, -0.2) is 51.1 Å². The van der Waals surface area contributed by atoms with Crippen LogP contribution < -0.4 is 15.4 Å². The Hall–Kier alpha value is -2.43. The highest BCUT2D eigenvalue weighted by Gasteiger charge is 2.07. The van der Waals surface area contributed by atoms with Crippen molar-refractivity contribution in [1.29, 1.82) is 0 Å². The monoisotopic (exact) mass is 518 g/mol. The fraction of sp³-hybridized carbons (Fsp3) is 0.300. The Morgan fingerprint density at radius 1 is 1.07 bits per heavy atom. The van der Waals surface area contributed by atoms with Gasteiger partial charge < -0.3 is 20.3 Å². The molecule has 2 N–H and O–H groups in total. The summed E-state index contributed by atoms with van der Waals surface area (Å²) in [7, 11) is 5.07. The predicted octanol–water partition coefficient (Wildman–Crippen LogP) is 3.03. The van der Waals surface area contributed by atoms with Crippen LogP contribution in [0.5, 0.6) is 5.75 Å². The van der Waals surface area contributed by atoms with Crippen LogP contribution in [0.15, 0.2) is 47.5 Å². The van der Waals surface area contributed by atoms with Gasteiger partial charge in [-0.15, -0.1) is 24.0 Å². The molecular formula is C20H25F2IN4O2. The van der Waals surface area contributed by atoms with Crippen molar-refractivity contribution in [2.45, 2.75) is 6.54 Å². The zero-order valence-corrected chi connectivity index (χ0v) is 18.9. The third kappa shape index (κ3) is 7.84. The van der Waals surface area contributed by atoms with Gasteiger partial charge in [-0.05, 0) is 29.8 Å². The molecule has 0 aliphatic heterocycles. The van der Waals surface area contributed by atoms with Crippen molar-refractivity contribution in [3.05, 3.63) is 65.2 Å². The topological polar surface area (TPSA) is 66.0 Å². The van der Waals surface area contributed by atoms with Crippen molar-refractivity contribution >= 4 is 35.8 Å².